The van der Waals surface area contributed by atoms with E-state index in [0.29, 0.717) is 84.2 Å². The average Bonchev–Trinajstić information content (AvgIpc) is 3.39. The van der Waals surface area contributed by atoms with Crippen molar-refractivity contribution in [1.82, 2.24) is 49.4 Å². The van der Waals surface area contributed by atoms with Crippen molar-refractivity contribution < 1.29 is 66.9 Å². The van der Waals surface area contributed by atoms with E-state index in [1.165, 1.54) is 39.2 Å². The minimum absolute atomic E-state index is 0.0283. The zero-order valence-corrected chi connectivity index (χ0v) is 56.2. The van der Waals surface area contributed by atoms with E-state index in [1.54, 1.807) is 11.8 Å². The molecule has 4 aliphatic rings. The van der Waals surface area contributed by atoms with E-state index in [2.05, 4.69) is 5.32 Å². The van der Waals surface area contributed by atoms with Gasteiger partial charge >= 0.3 is 0 Å². The second-order valence-electron chi connectivity index (χ2n) is 25.2. The van der Waals surface area contributed by atoms with Crippen molar-refractivity contribution >= 4 is 59.1 Å². The molecule has 10 amide bonds. The van der Waals surface area contributed by atoms with Gasteiger partial charge in [-0.05, 0) is 131 Å². The minimum atomic E-state index is -0.684. The lowest BCUT2D eigenvalue weighted by molar-refractivity contribution is -0.152. The van der Waals surface area contributed by atoms with E-state index in [1.807, 2.05) is 76.2 Å². The zero-order chi connectivity index (χ0) is 65.9. The Bertz CT molecular complexity index is 2280. The summed E-state index contributed by atoms with van der Waals surface area (Å²) in [7, 11) is 0. The molecule has 508 valence electrons. The van der Waals surface area contributed by atoms with Gasteiger partial charge in [-0.1, -0.05) is 41.5 Å². The summed E-state index contributed by atoms with van der Waals surface area (Å²) >= 11 is 0. The summed E-state index contributed by atoms with van der Waals surface area (Å²) in [5.41, 5.74) is 5.54. The van der Waals surface area contributed by atoms with Crippen LogP contribution in [0.25, 0.3) is 0 Å². The highest BCUT2D eigenvalue weighted by molar-refractivity contribution is 5.94. The van der Waals surface area contributed by atoms with Crippen LogP contribution < -0.4 is 11.1 Å². The molecule has 0 bridgehead atoms. The smallest absolute Gasteiger partial charge is 0.242 e. The molecular weight excluding hydrogens is 1150 g/mol. The number of hydrogen-bond donors (Lipinski definition) is 2. The van der Waals surface area contributed by atoms with Crippen molar-refractivity contribution in [3.8, 4) is 0 Å². The normalized spacial score (nSPS) is 20.1. The van der Waals surface area contributed by atoms with Crippen LogP contribution in [0, 0.1) is 0 Å². The predicted molar refractivity (Wildman–Crippen MR) is 336 cm³/mol. The van der Waals surface area contributed by atoms with E-state index < -0.39 is 110 Å². The van der Waals surface area contributed by atoms with E-state index in [4.69, 9.17) is 24.7 Å². The van der Waals surface area contributed by atoms with Gasteiger partial charge in [-0.15, -0.1) is 0 Å². The summed E-state index contributed by atoms with van der Waals surface area (Å²) in [6, 6.07) is -1.92. The lowest BCUT2D eigenvalue weighted by atomic mass is 10.1. The Morgan fingerprint density at radius 1 is 0.348 bits per heavy atom. The van der Waals surface area contributed by atoms with Gasteiger partial charge in [0, 0.05) is 88.9 Å². The molecule has 0 aromatic heterocycles. The minimum Gasteiger partial charge on any atom is -0.376 e. The number of nitrogens with one attached hydrogen (secondary N) is 1. The van der Waals surface area contributed by atoms with Crippen molar-refractivity contribution in [3.63, 3.8) is 0 Å². The quantitative estimate of drug-likeness (QED) is 0.0893. The molecule has 4 saturated heterocycles. The van der Waals surface area contributed by atoms with Crippen LogP contribution in [0.15, 0.2) is 0 Å². The highest BCUT2D eigenvalue weighted by atomic mass is 16.5. The number of nitrogens with zero attached hydrogens (tertiary/aromatic N) is 9. The fraction of sp³-hybridized carbons (Fsp3) is 0.844. The number of carbonyl (C=O) groups excluding carboxylic acids is 10. The second kappa shape index (κ2) is 39.0. The Kier molecular flexibility index (Phi) is 33.3. The van der Waals surface area contributed by atoms with Gasteiger partial charge in [0.25, 0.3) is 0 Å². The van der Waals surface area contributed by atoms with Crippen LogP contribution in [0.1, 0.15) is 173 Å². The summed E-state index contributed by atoms with van der Waals surface area (Å²) in [6.07, 6.45) is 7.53. The van der Waals surface area contributed by atoms with Gasteiger partial charge < -0.3 is 74.1 Å². The molecule has 4 rings (SSSR count). The number of hydrogen-bond acceptors (Lipinski definition) is 15. The van der Waals surface area contributed by atoms with Crippen LogP contribution in [-0.2, 0) is 66.9 Å². The molecular formula is C64H113N11O14. The Labute approximate surface area is 531 Å². The SMILES string of the molecule is CCC(C)NCC(=O)N(CC(=O)N(CC(=O)N(CC(=O)N(CC(=O)N(CC(=O)N(CC(=O)N(CC(=O)N(CC(=O)N(CC(N)=O)C(C)CC)C(C)CC)CC1CCCO1)CC1CCCO1)C(C)CC)C(C)CC)CC1CCCO1)CC1CCCO1)C(C)CC. The van der Waals surface area contributed by atoms with Gasteiger partial charge in [0.2, 0.25) is 59.1 Å². The van der Waals surface area contributed by atoms with Gasteiger partial charge in [0.1, 0.15) is 26.2 Å². The topological polar surface area (TPSA) is 275 Å². The van der Waals surface area contributed by atoms with Gasteiger partial charge in [-0.3, -0.25) is 47.9 Å². The summed E-state index contributed by atoms with van der Waals surface area (Å²) < 4.78 is 23.9. The second-order valence-corrected chi connectivity index (χ2v) is 25.2. The first-order chi connectivity index (χ1) is 42.4. The number of carbonyl (C=O) groups is 10. The molecule has 3 N–H and O–H groups in total. The van der Waals surface area contributed by atoms with Crippen LogP contribution in [0.5, 0.6) is 0 Å². The largest absolute Gasteiger partial charge is 0.376 e. The molecule has 25 nitrogen and oxygen atoms in total. The van der Waals surface area contributed by atoms with Crippen LogP contribution in [0.3, 0.4) is 0 Å². The fourth-order valence-corrected chi connectivity index (χ4v) is 11.4. The summed E-state index contributed by atoms with van der Waals surface area (Å²) in [5.74, 6) is -4.94. The van der Waals surface area contributed by atoms with Gasteiger partial charge in [0.15, 0.2) is 0 Å². The molecule has 89 heavy (non-hydrogen) atoms. The molecule has 10 atom stereocenters. The Hall–Kier alpha value is -5.50. The molecule has 0 aromatic carbocycles. The number of rotatable bonds is 40. The standard InChI is InChI=1S/C64H113N11O14/c1-13-45(7)66-31-56(77)72(47(9)15-3)41-59(80)67(32-51-23-19-27-86-51)37-57(78)70(35-54-26-22-30-89-54)40-62(83)75(50(12)18-6)44-64(85)73(48(10)16-4)42-60(81)68(33-52-24-20-28-87-52)38-58(79)69(34-53-25-21-29-88-53)39-61(82)74(49(11)17-5)43-63(84)71(36-55(65)76)46(8)14-2/h45-54,66H,13-44H2,1-12H3,(H2,65,76). The van der Waals surface area contributed by atoms with Crippen molar-refractivity contribution in [2.45, 2.75) is 234 Å². The summed E-state index contributed by atoms with van der Waals surface area (Å²) in [6.45, 7) is 21.3. The average molecular weight is 1260 g/mol. The van der Waals surface area contributed by atoms with E-state index in [0.717, 1.165) is 32.1 Å². The first kappa shape index (κ1) is 76.0. The van der Waals surface area contributed by atoms with Crippen LogP contribution in [0.2, 0.25) is 0 Å². The monoisotopic (exact) mass is 1260 g/mol. The lowest BCUT2D eigenvalue weighted by Gasteiger charge is -2.37. The molecule has 0 radical (unpaired) electrons. The number of amides is 10. The van der Waals surface area contributed by atoms with Crippen LogP contribution in [0.4, 0.5) is 0 Å². The highest BCUT2D eigenvalue weighted by Gasteiger charge is 2.38. The Morgan fingerprint density at radius 2 is 0.584 bits per heavy atom. The van der Waals surface area contributed by atoms with Crippen molar-refractivity contribution in [1.29, 1.82) is 0 Å². The summed E-state index contributed by atoms with van der Waals surface area (Å²) in [5, 5.41) is 3.23. The van der Waals surface area contributed by atoms with Gasteiger partial charge in [-0.2, -0.15) is 0 Å². The lowest BCUT2D eigenvalue weighted by Crippen LogP contribution is -2.56. The third-order valence-electron chi connectivity index (χ3n) is 18.5. The Balaban J connectivity index is 1.61. The molecule has 4 aliphatic heterocycles. The third-order valence-corrected chi connectivity index (χ3v) is 18.5. The summed E-state index contributed by atoms with van der Waals surface area (Å²) in [4.78, 5) is 156. The first-order valence-corrected chi connectivity index (χ1v) is 33.4. The van der Waals surface area contributed by atoms with Gasteiger partial charge in [0.05, 0.1) is 63.7 Å². The Morgan fingerprint density at radius 3 is 0.831 bits per heavy atom. The van der Waals surface area contributed by atoms with Crippen molar-refractivity contribution in [3.05, 3.63) is 0 Å². The van der Waals surface area contributed by atoms with Crippen molar-refractivity contribution in [2.75, 3.05) is 118 Å². The molecule has 4 fully saturated rings. The molecule has 0 aliphatic carbocycles. The predicted octanol–water partition coefficient (Wildman–Crippen LogP) is 3.03. The molecule has 0 spiro atoms. The van der Waals surface area contributed by atoms with E-state index >= 15 is 0 Å². The van der Waals surface area contributed by atoms with E-state index in [9.17, 15) is 47.9 Å². The van der Waals surface area contributed by atoms with Crippen LogP contribution in [-0.4, -0.2) is 282 Å². The third kappa shape index (κ3) is 24.6. The van der Waals surface area contributed by atoms with Gasteiger partial charge in [-0.25, -0.2) is 0 Å². The number of nitrogens with two attached hydrogens (primary N) is 1. The van der Waals surface area contributed by atoms with E-state index in [-0.39, 0.29) is 101 Å². The molecule has 0 saturated carbocycles. The number of primary amides is 1. The molecule has 25 heteroatoms. The maximum atomic E-state index is 15.0. The fourth-order valence-electron chi connectivity index (χ4n) is 11.4. The zero-order valence-electron chi connectivity index (χ0n) is 56.2. The maximum Gasteiger partial charge on any atom is 0.242 e. The molecule has 10 unspecified atom stereocenters. The van der Waals surface area contributed by atoms with Crippen molar-refractivity contribution in [2.24, 2.45) is 5.73 Å². The van der Waals surface area contributed by atoms with Crippen LogP contribution >= 0.6 is 0 Å². The highest BCUT2D eigenvalue weighted by Crippen LogP contribution is 2.21. The maximum absolute atomic E-state index is 15.0. The first-order valence-electron chi connectivity index (χ1n) is 33.4. The molecule has 4 heterocycles. The number of ether oxygens (including phenoxy) is 4. The molecule has 0 aromatic rings.